The average molecular weight is 442 g/mol. The number of carbonyl (C=O) groups excluding carboxylic acids is 1. The Kier molecular flexibility index (Phi) is 5.08. The molecule has 0 spiro atoms. The van der Waals surface area contributed by atoms with Crippen molar-refractivity contribution in [2.24, 2.45) is 0 Å². The quantitative estimate of drug-likeness (QED) is 0.447. The summed E-state index contributed by atoms with van der Waals surface area (Å²) in [7, 11) is 0. The van der Waals surface area contributed by atoms with Crippen LogP contribution in [0.15, 0.2) is 40.9 Å². The molecule has 4 nitrogen and oxygen atoms in total. The summed E-state index contributed by atoms with van der Waals surface area (Å²) in [5, 5.41) is 5.51. The molecule has 27 heavy (non-hydrogen) atoms. The first-order chi connectivity index (χ1) is 13.0. The van der Waals surface area contributed by atoms with Crippen LogP contribution < -0.4 is 0 Å². The summed E-state index contributed by atoms with van der Waals surface area (Å²) in [4.78, 5) is 14.6. The molecule has 0 bridgehead atoms. The van der Waals surface area contributed by atoms with Gasteiger partial charge in [-0.1, -0.05) is 51.6 Å². The van der Waals surface area contributed by atoms with E-state index in [4.69, 9.17) is 50.9 Å². The molecule has 0 aliphatic carbocycles. The first-order valence-corrected chi connectivity index (χ1v) is 9.63. The number of hydrogen-bond acceptors (Lipinski definition) is 3. The Balaban J connectivity index is 1.62. The normalized spacial score (nSPS) is 13.6. The van der Waals surface area contributed by atoms with Crippen molar-refractivity contribution >= 4 is 52.3 Å². The summed E-state index contributed by atoms with van der Waals surface area (Å²) in [6, 6.07) is 10.5. The van der Waals surface area contributed by atoms with Gasteiger partial charge in [0.15, 0.2) is 5.76 Å². The molecule has 0 saturated heterocycles. The molecule has 3 aromatic rings. The zero-order valence-corrected chi connectivity index (χ0v) is 16.8. The molecule has 1 amide bonds. The molecule has 138 valence electrons. The number of fused-ring (bicyclic) bond motifs is 1. The molecule has 1 aromatic heterocycles. The number of nitrogens with zero attached hydrogens (tertiary/aromatic N) is 2. The Morgan fingerprint density at radius 1 is 1.00 bits per heavy atom. The van der Waals surface area contributed by atoms with E-state index in [1.54, 1.807) is 29.2 Å². The SMILES string of the molecule is O=C(c1c(Cl)ccc(Cl)c1Cl)N1CCc2c(noc2-c2ccc(Cl)cc2)C1. The van der Waals surface area contributed by atoms with Crippen molar-refractivity contribution in [1.29, 1.82) is 0 Å². The number of carbonyl (C=O) groups is 1. The highest BCUT2D eigenvalue weighted by Crippen LogP contribution is 2.35. The largest absolute Gasteiger partial charge is 0.356 e. The molecule has 0 saturated carbocycles. The molecule has 0 fully saturated rings. The van der Waals surface area contributed by atoms with Crippen molar-refractivity contribution in [3.8, 4) is 11.3 Å². The van der Waals surface area contributed by atoms with Gasteiger partial charge in [0, 0.05) is 22.7 Å². The lowest BCUT2D eigenvalue weighted by Gasteiger charge is -2.27. The second kappa shape index (κ2) is 7.36. The lowest BCUT2D eigenvalue weighted by Crippen LogP contribution is -2.36. The fourth-order valence-corrected chi connectivity index (χ4v) is 3.93. The van der Waals surface area contributed by atoms with Crippen molar-refractivity contribution in [2.45, 2.75) is 13.0 Å². The third-order valence-electron chi connectivity index (χ3n) is 4.49. The van der Waals surface area contributed by atoms with Crippen LogP contribution in [0.1, 0.15) is 21.6 Å². The number of halogens is 4. The summed E-state index contributed by atoms with van der Waals surface area (Å²) in [5.74, 6) is 0.418. The van der Waals surface area contributed by atoms with E-state index in [1.807, 2.05) is 12.1 Å². The predicted molar refractivity (Wildman–Crippen MR) is 107 cm³/mol. The van der Waals surface area contributed by atoms with Gasteiger partial charge >= 0.3 is 0 Å². The smallest absolute Gasteiger partial charge is 0.257 e. The summed E-state index contributed by atoms with van der Waals surface area (Å²) in [6.45, 7) is 0.803. The Labute approximate surface area is 175 Å². The molecule has 2 heterocycles. The van der Waals surface area contributed by atoms with Crippen LogP contribution in [0.4, 0.5) is 0 Å². The second-order valence-electron chi connectivity index (χ2n) is 6.14. The van der Waals surface area contributed by atoms with Crippen LogP contribution in [0.3, 0.4) is 0 Å². The maximum absolute atomic E-state index is 12.9. The highest BCUT2D eigenvalue weighted by molar-refractivity contribution is 6.46. The molecule has 0 N–H and O–H groups in total. The van der Waals surface area contributed by atoms with Gasteiger partial charge in [-0.15, -0.1) is 0 Å². The Morgan fingerprint density at radius 3 is 2.44 bits per heavy atom. The molecular formula is C19H12Cl4N2O2. The third kappa shape index (κ3) is 3.43. The van der Waals surface area contributed by atoms with Crippen molar-refractivity contribution < 1.29 is 9.32 Å². The molecule has 0 atom stereocenters. The number of hydrogen-bond donors (Lipinski definition) is 0. The summed E-state index contributed by atoms with van der Waals surface area (Å²) in [5.41, 5.74) is 2.81. The van der Waals surface area contributed by atoms with Gasteiger partial charge < -0.3 is 9.42 Å². The van der Waals surface area contributed by atoms with Gasteiger partial charge in [-0.3, -0.25) is 4.79 Å². The van der Waals surface area contributed by atoms with E-state index in [9.17, 15) is 4.79 Å². The Bertz CT molecular complexity index is 1030. The lowest BCUT2D eigenvalue weighted by molar-refractivity contribution is 0.0732. The van der Waals surface area contributed by atoms with Gasteiger partial charge in [0.1, 0.15) is 5.69 Å². The summed E-state index contributed by atoms with van der Waals surface area (Å²) < 4.78 is 5.54. The average Bonchev–Trinajstić information content (AvgIpc) is 3.09. The topological polar surface area (TPSA) is 46.3 Å². The third-order valence-corrected chi connectivity index (χ3v) is 5.86. The van der Waals surface area contributed by atoms with Crippen molar-refractivity contribution in [3.63, 3.8) is 0 Å². The van der Waals surface area contributed by atoms with E-state index in [1.165, 1.54) is 0 Å². The van der Waals surface area contributed by atoms with E-state index < -0.39 is 0 Å². The van der Waals surface area contributed by atoms with Crippen LogP contribution in [0, 0.1) is 0 Å². The Morgan fingerprint density at radius 2 is 1.70 bits per heavy atom. The standard InChI is InChI=1S/C19H12Cl4N2O2/c20-11-3-1-10(2-4-11)18-12-7-8-25(9-15(12)24-27-18)19(26)16-13(21)5-6-14(22)17(16)23/h1-6H,7-9H2. The van der Waals surface area contributed by atoms with Gasteiger partial charge in [-0.25, -0.2) is 0 Å². The van der Waals surface area contributed by atoms with Gasteiger partial charge in [-0.05, 0) is 42.8 Å². The maximum Gasteiger partial charge on any atom is 0.257 e. The predicted octanol–water partition coefficient (Wildman–Crippen LogP) is 6.15. The second-order valence-corrected chi connectivity index (χ2v) is 7.77. The minimum atomic E-state index is -0.283. The zero-order chi connectivity index (χ0) is 19.1. The van der Waals surface area contributed by atoms with Gasteiger partial charge in [-0.2, -0.15) is 0 Å². The monoisotopic (exact) mass is 440 g/mol. The van der Waals surface area contributed by atoms with Crippen LogP contribution in [-0.4, -0.2) is 22.5 Å². The van der Waals surface area contributed by atoms with E-state index >= 15 is 0 Å². The first-order valence-electron chi connectivity index (χ1n) is 8.12. The molecule has 2 aromatic carbocycles. The minimum Gasteiger partial charge on any atom is -0.356 e. The van der Waals surface area contributed by atoms with E-state index in [0.717, 1.165) is 11.1 Å². The minimum absolute atomic E-state index is 0.155. The van der Waals surface area contributed by atoms with E-state index in [2.05, 4.69) is 5.16 Å². The molecule has 0 radical (unpaired) electrons. The molecule has 4 rings (SSSR count). The summed E-state index contributed by atoms with van der Waals surface area (Å²) >= 11 is 24.4. The molecular weight excluding hydrogens is 430 g/mol. The van der Waals surface area contributed by atoms with Crippen LogP contribution in [-0.2, 0) is 13.0 Å². The number of rotatable bonds is 2. The van der Waals surface area contributed by atoms with Crippen LogP contribution in [0.2, 0.25) is 20.1 Å². The van der Waals surface area contributed by atoms with Crippen LogP contribution >= 0.6 is 46.4 Å². The van der Waals surface area contributed by atoms with Crippen LogP contribution in [0.25, 0.3) is 11.3 Å². The van der Waals surface area contributed by atoms with E-state index in [-0.39, 0.29) is 26.5 Å². The fourth-order valence-electron chi connectivity index (χ4n) is 3.11. The molecule has 0 unspecified atom stereocenters. The molecule has 1 aliphatic rings. The van der Waals surface area contributed by atoms with Gasteiger partial charge in [0.25, 0.3) is 5.91 Å². The van der Waals surface area contributed by atoms with Gasteiger partial charge in [0.2, 0.25) is 0 Å². The lowest BCUT2D eigenvalue weighted by atomic mass is 10.00. The Hall–Kier alpha value is -1.72. The summed E-state index contributed by atoms with van der Waals surface area (Å²) in [6.07, 6.45) is 0.609. The number of amides is 1. The molecule has 8 heteroatoms. The fraction of sp³-hybridized carbons (Fsp3) is 0.158. The zero-order valence-electron chi connectivity index (χ0n) is 13.8. The highest BCUT2D eigenvalue weighted by Gasteiger charge is 2.30. The number of benzene rings is 2. The highest BCUT2D eigenvalue weighted by atomic mass is 35.5. The molecule has 1 aliphatic heterocycles. The van der Waals surface area contributed by atoms with Crippen molar-refractivity contribution in [3.05, 3.63) is 73.3 Å². The van der Waals surface area contributed by atoms with Crippen molar-refractivity contribution in [1.82, 2.24) is 10.1 Å². The first kappa shape index (κ1) is 18.6. The maximum atomic E-state index is 12.9. The number of aromatic nitrogens is 1. The van der Waals surface area contributed by atoms with Gasteiger partial charge in [0.05, 0.1) is 27.2 Å². The van der Waals surface area contributed by atoms with E-state index in [0.29, 0.717) is 36.0 Å². The van der Waals surface area contributed by atoms with Crippen LogP contribution in [0.5, 0.6) is 0 Å². The van der Waals surface area contributed by atoms with Crippen molar-refractivity contribution in [2.75, 3.05) is 6.54 Å².